The van der Waals surface area contributed by atoms with E-state index >= 15 is 0 Å². The van der Waals surface area contributed by atoms with E-state index in [2.05, 4.69) is 6.92 Å². The molecule has 0 aromatic rings. The Morgan fingerprint density at radius 3 is 2.30 bits per heavy atom. The van der Waals surface area contributed by atoms with Crippen molar-refractivity contribution in [2.24, 2.45) is 0 Å². The van der Waals surface area contributed by atoms with Gasteiger partial charge in [0.25, 0.3) is 0 Å². The molecular weight excluding hydrogens is 300 g/mol. The number of esters is 1. The van der Waals surface area contributed by atoms with Crippen LogP contribution < -0.4 is 0 Å². The number of ether oxygens (including phenoxy) is 2. The quantitative estimate of drug-likeness (QED) is 0.371. The molecule has 6 nitrogen and oxygen atoms in total. The molecule has 0 aliphatic carbocycles. The lowest BCUT2D eigenvalue weighted by molar-refractivity contribution is -0.151. The van der Waals surface area contributed by atoms with E-state index in [0.29, 0.717) is 6.42 Å². The lowest BCUT2D eigenvalue weighted by Crippen LogP contribution is -2.41. The average molecular weight is 332 g/mol. The lowest BCUT2D eigenvalue weighted by Gasteiger charge is -2.20. The van der Waals surface area contributed by atoms with Gasteiger partial charge in [-0.1, -0.05) is 51.9 Å². The normalized spacial score (nSPS) is 25.5. The van der Waals surface area contributed by atoms with Crippen LogP contribution in [0.3, 0.4) is 0 Å². The molecule has 1 saturated heterocycles. The van der Waals surface area contributed by atoms with Crippen LogP contribution in [0.1, 0.15) is 64.7 Å². The molecule has 1 aliphatic heterocycles. The van der Waals surface area contributed by atoms with Crippen molar-refractivity contribution in [2.75, 3.05) is 13.2 Å². The Morgan fingerprint density at radius 1 is 1.13 bits per heavy atom. The van der Waals surface area contributed by atoms with Crippen molar-refractivity contribution in [1.82, 2.24) is 0 Å². The summed E-state index contributed by atoms with van der Waals surface area (Å²) in [6.07, 6.45) is 5.45. The first-order valence-electron chi connectivity index (χ1n) is 8.87. The molecule has 3 N–H and O–H groups in total. The second-order valence-corrected chi connectivity index (χ2v) is 6.33. The third kappa shape index (κ3) is 8.11. The van der Waals surface area contributed by atoms with Gasteiger partial charge >= 0.3 is 5.97 Å². The number of carbonyl (C=O) groups is 1. The van der Waals surface area contributed by atoms with E-state index < -0.39 is 24.4 Å². The molecule has 136 valence electrons. The van der Waals surface area contributed by atoms with E-state index in [1.165, 1.54) is 32.1 Å². The van der Waals surface area contributed by atoms with Crippen LogP contribution in [-0.2, 0) is 14.3 Å². The van der Waals surface area contributed by atoms with Crippen LogP contribution in [0.4, 0.5) is 0 Å². The van der Waals surface area contributed by atoms with Crippen molar-refractivity contribution in [3.63, 3.8) is 0 Å². The summed E-state index contributed by atoms with van der Waals surface area (Å²) in [5.74, 6) is -0.344. The van der Waals surface area contributed by atoms with Gasteiger partial charge in [0.2, 0.25) is 0 Å². The molecule has 1 heterocycles. The van der Waals surface area contributed by atoms with Gasteiger partial charge < -0.3 is 24.8 Å². The Kier molecular flexibility index (Phi) is 10.4. The molecule has 0 saturated carbocycles. The number of hydrogen-bond donors (Lipinski definition) is 3. The fourth-order valence-corrected chi connectivity index (χ4v) is 2.71. The molecule has 1 fully saturated rings. The standard InChI is InChI=1S/C17H32O6/c1-2-3-4-5-6-7-8-9-10-15(20)22-12-14(19)17-16(21)13(18)11-23-17/h13-14,16-19,21H,2-12H2,1H3/t13-,14?,16+,17-/m1/s1. The van der Waals surface area contributed by atoms with E-state index in [-0.39, 0.29) is 19.2 Å². The van der Waals surface area contributed by atoms with Gasteiger partial charge in [-0.05, 0) is 6.42 Å². The van der Waals surface area contributed by atoms with Gasteiger partial charge in [0.1, 0.15) is 31.0 Å². The first-order valence-corrected chi connectivity index (χ1v) is 8.87. The molecule has 4 atom stereocenters. The topological polar surface area (TPSA) is 96.2 Å². The summed E-state index contributed by atoms with van der Waals surface area (Å²) >= 11 is 0. The highest BCUT2D eigenvalue weighted by atomic mass is 16.6. The summed E-state index contributed by atoms with van der Waals surface area (Å²) in [5.41, 5.74) is 0. The summed E-state index contributed by atoms with van der Waals surface area (Å²) < 4.78 is 10.1. The Balaban J connectivity index is 2.00. The van der Waals surface area contributed by atoms with Gasteiger partial charge in [0, 0.05) is 6.42 Å². The van der Waals surface area contributed by atoms with E-state index in [0.717, 1.165) is 19.3 Å². The average Bonchev–Trinajstić information content (AvgIpc) is 2.87. The van der Waals surface area contributed by atoms with Crippen LogP contribution in [0.15, 0.2) is 0 Å². The highest BCUT2D eigenvalue weighted by Gasteiger charge is 2.39. The maximum atomic E-state index is 11.6. The molecule has 23 heavy (non-hydrogen) atoms. The Labute approximate surface area is 138 Å². The van der Waals surface area contributed by atoms with Gasteiger partial charge in [0.15, 0.2) is 0 Å². The zero-order valence-corrected chi connectivity index (χ0v) is 14.2. The van der Waals surface area contributed by atoms with Crippen LogP contribution in [0.5, 0.6) is 0 Å². The largest absolute Gasteiger partial charge is 0.463 e. The molecule has 1 unspecified atom stereocenters. The van der Waals surface area contributed by atoms with Crippen molar-refractivity contribution in [1.29, 1.82) is 0 Å². The predicted octanol–water partition coefficient (Wildman–Crippen LogP) is 1.54. The van der Waals surface area contributed by atoms with Gasteiger partial charge in [-0.2, -0.15) is 0 Å². The Hall–Kier alpha value is -0.690. The van der Waals surface area contributed by atoms with E-state index in [1.807, 2.05) is 0 Å². The molecule has 0 aromatic heterocycles. The lowest BCUT2D eigenvalue weighted by atomic mass is 10.1. The molecule has 0 spiro atoms. The van der Waals surface area contributed by atoms with Crippen molar-refractivity contribution in [3.8, 4) is 0 Å². The number of hydrogen-bond acceptors (Lipinski definition) is 6. The minimum Gasteiger partial charge on any atom is -0.463 e. The minimum absolute atomic E-state index is 0.0188. The maximum Gasteiger partial charge on any atom is 0.305 e. The monoisotopic (exact) mass is 332 g/mol. The van der Waals surface area contributed by atoms with Crippen molar-refractivity contribution < 1.29 is 29.6 Å². The molecular formula is C17H32O6. The summed E-state index contributed by atoms with van der Waals surface area (Å²) in [7, 11) is 0. The first kappa shape index (κ1) is 20.4. The summed E-state index contributed by atoms with van der Waals surface area (Å²) in [6.45, 7) is 1.96. The zero-order chi connectivity index (χ0) is 17.1. The smallest absolute Gasteiger partial charge is 0.305 e. The van der Waals surface area contributed by atoms with Crippen LogP contribution in [-0.4, -0.2) is 58.9 Å². The molecule has 0 aromatic carbocycles. The minimum atomic E-state index is -1.14. The third-order valence-electron chi connectivity index (χ3n) is 4.22. The molecule has 0 radical (unpaired) electrons. The number of carbonyl (C=O) groups excluding carboxylic acids is 1. The van der Waals surface area contributed by atoms with Crippen molar-refractivity contribution in [3.05, 3.63) is 0 Å². The molecule has 0 amide bonds. The SMILES string of the molecule is CCCCCCCCCCC(=O)OCC(O)[C@H]1OC[C@@H](O)[C@@H]1O. The zero-order valence-electron chi connectivity index (χ0n) is 14.2. The number of unbranched alkanes of at least 4 members (excludes halogenated alkanes) is 7. The number of aliphatic hydroxyl groups excluding tert-OH is 3. The Morgan fingerprint density at radius 2 is 1.74 bits per heavy atom. The van der Waals surface area contributed by atoms with Gasteiger partial charge in [-0.15, -0.1) is 0 Å². The Bertz CT molecular complexity index is 322. The molecule has 1 aliphatic rings. The fourth-order valence-electron chi connectivity index (χ4n) is 2.71. The van der Waals surface area contributed by atoms with Gasteiger partial charge in [-0.3, -0.25) is 4.79 Å². The van der Waals surface area contributed by atoms with Crippen LogP contribution in [0.25, 0.3) is 0 Å². The van der Waals surface area contributed by atoms with Crippen LogP contribution >= 0.6 is 0 Å². The number of aliphatic hydroxyl groups is 3. The van der Waals surface area contributed by atoms with Crippen molar-refractivity contribution >= 4 is 5.97 Å². The van der Waals surface area contributed by atoms with Gasteiger partial charge in [-0.25, -0.2) is 0 Å². The first-order chi connectivity index (χ1) is 11.1. The van der Waals surface area contributed by atoms with Crippen LogP contribution in [0.2, 0.25) is 0 Å². The maximum absolute atomic E-state index is 11.6. The van der Waals surface area contributed by atoms with E-state index in [4.69, 9.17) is 9.47 Å². The summed E-state index contributed by atoms with van der Waals surface area (Å²) in [4.78, 5) is 11.6. The van der Waals surface area contributed by atoms with Gasteiger partial charge in [0.05, 0.1) is 6.61 Å². The van der Waals surface area contributed by atoms with E-state index in [1.54, 1.807) is 0 Å². The third-order valence-corrected chi connectivity index (χ3v) is 4.22. The molecule has 0 bridgehead atoms. The fraction of sp³-hybridized carbons (Fsp3) is 0.941. The highest BCUT2D eigenvalue weighted by molar-refractivity contribution is 5.69. The second-order valence-electron chi connectivity index (χ2n) is 6.33. The number of rotatable bonds is 12. The summed E-state index contributed by atoms with van der Waals surface area (Å²) in [5, 5.41) is 28.8. The van der Waals surface area contributed by atoms with Crippen molar-refractivity contribution in [2.45, 2.75) is 89.1 Å². The molecule has 1 rings (SSSR count). The summed E-state index contributed by atoms with van der Waals surface area (Å²) in [6, 6.07) is 0. The van der Waals surface area contributed by atoms with E-state index in [9.17, 15) is 20.1 Å². The highest BCUT2D eigenvalue weighted by Crippen LogP contribution is 2.18. The van der Waals surface area contributed by atoms with Crippen LogP contribution in [0, 0.1) is 0 Å². The molecule has 6 heteroatoms. The second kappa shape index (κ2) is 11.8. The predicted molar refractivity (Wildman–Crippen MR) is 85.9 cm³/mol.